The van der Waals surface area contributed by atoms with E-state index in [4.69, 9.17) is 5.73 Å². The SMILES string of the molecule is Cc1ccc(C(=O)N2CCCN(C(=O)c3cccc(Br)c3)C2C(=O)NCCN)cc1. The standard InChI is InChI=1S/C22H25BrN4O3/c1-15-6-8-16(9-7-15)21(29)26-12-3-13-27(20(26)19(28)25-11-10-24)22(30)17-4-2-5-18(23)14-17/h2,4-9,14,20H,3,10-13,24H2,1H3,(H,25,28). The molecule has 0 spiro atoms. The Hall–Kier alpha value is -2.71. The molecular formula is C22H25BrN4O3. The van der Waals surface area contributed by atoms with Crippen LogP contribution in [0.4, 0.5) is 0 Å². The minimum atomic E-state index is -1.04. The van der Waals surface area contributed by atoms with Crippen molar-refractivity contribution < 1.29 is 14.4 Å². The number of carbonyl (C=O) groups excluding carboxylic acids is 3. The van der Waals surface area contributed by atoms with Gasteiger partial charge in [0.05, 0.1) is 0 Å². The van der Waals surface area contributed by atoms with Gasteiger partial charge in [-0.15, -0.1) is 0 Å². The van der Waals surface area contributed by atoms with Crippen molar-refractivity contribution in [2.45, 2.75) is 19.5 Å². The van der Waals surface area contributed by atoms with Crippen molar-refractivity contribution in [3.63, 3.8) is 0 Å². The molecule has 1 heterocycles. The van der Waals surface area contributed by atoms with E-state index in [0.29, 0.717) is 30.6 Å². The Labute approximate surface area is 184 Å². The Morgan fingerprint density at radius 1 is 1.03 bits per heavy atom. The van der Waals surface area contributed by atoms with Gasteiger partial charge in [-0.1, -0.05) is 39.7 Å². The first-order valence-corrected chi connectivity index (χ1v) is 10.6. The summed E-state index contributed by atoms with van der Waals surface area (Å²) >= 11 is 3.38. The molecule has 0 aliphatic carbocycles. The van der Waals surface area contributed by atoms with Crippen molar-refractivity contribution in [1.29, 1.82) is 0 Å². The average Bonchev–Trinajstić information content (AvgIpc) is 2.76. The zero-order valence-corrected chi connectivity index (χ0v) is 18.4. The number of rotatable bonds is 5. The van der Waals surface area contributed by atoms with Gasteiger partial charge < -0.3 is 20.9 Å². The maximum Gasteiger partial charge on any atom is 0.263 e. The zero-order valence-electron chi connectivity index (χ0n) is 16.8. The predicted molar refractivity (Wildman–Crippen MR) is 118 cm³/mol. The molecule has 1 atom stereocenters. The quantitative estimate of drug-likeness (QED) is 0.696. The molecule has 158 valence electrons. The number of hydrogen-bond donors (Lipinski definition) is 2. The number of hydrogen-bond acceptors (Lipinski definition) is 4. The Kier molecular flexibility index (Phi) is 7.23. The largest absolute Gasteiger partial charge is 0.351 e. The molecule has 2 aromatic rings. The summed E-state index contributed by atoms with van der Waals surface area (Å²) in [5.41, 5.74) is 7.49. The summed E-state index contributed by atoms with van der Waals surface area (Å²) < 4.78 is 0.766. The fourth-order valence-electron chi connectivity index (χ4n) is 3.47. The second kappa shape index (κ2) is 9.86. The van der Waals surface area contributed by atoms with Crippen LogP contribution in [0.1, 0.15) is 32.7 Å². The molecule has 0 radical (unpaired) electrons. The first-order chi connectivity index (χ1) is 14.4. The van der Waals surface area contributed by atoms with E-state index in [1.165, 1.54) is 9.80 Å². The Bertz CT molecular complexity index is 932. The maximum absolute atomic E-state index is 13.3. The van der Waals surface area contributed by atoms with Gasteiger partial charge in [-0.25, -0.2) is 0 Å². The highest BCUT2D eigenvalue weighted by atomic mass is 79.9. The molecule has 2 aromatic carbocycles. The van der Waals surface area contributed by atoms with Gasteiger partial charge in [0.1, 0.15) is 0 Å². The molecule has 0 saturated carbocycles. The van der Waals surface area contributed by atoms with E-state index in [0.717, 1.165) is 10.0 Å². The van der Waals surface area contributed by atoms with Gasteiger partial charge >= 0.3 is 0 Å². The molecule has 7 nitrogen and oxygen atoms in total. The number of halogens is 1. The number of nitrogens with two attached hydrogens (primary N) is 1. The summed E-state index contributed by atoms with van der Waals surface area (Å²) in [6, 6.07) is 14.2. The number of amides is 3. The Morgan fingerprint density at radius 3 is 2.27 bits per heavy atom. The van der Waals surface area contributed by atoms with Gasteiger partial charge in [0.2, 0.25) is 0 Å². The molecule has 1 fully saturated rings. The molecule has 0 bridgehead atoms. The second-order valence-electron chi connectivity index (χ2n) is 7.18. The van der Waals surface area contributed by atoms with Crippen molar-refractivity contribution in [3.05, 3.63) is 69.7 Å². The fourth-order valence-corrected chi connectivity index (χ4v) is 3.87. The van der Waals surface area contributed by atoms with Crippen LogP contribution in [-0.2, 0) is 4.79 Å². The van der Waals surface area contributed by atoms with Crippen molar-refractivity contribution >= 4 is 33.7 Å². The molecule has 3 amide bonds. The third-order valence-corrected chi connectivity index (χ3v) is 5.45. The smallest absolute Gasteiger partial charge is 0.263 e. The van der Waals surface area contributed by atoms with Crippen LogP contribution in [0.5, 0.6) is 0 Å². The average molecular weight is 473 g/mol. The highest BCUT2D eigenvalue weighted by molar-refractivity contribution is 9.10. The minimum Gasteiger partial charge on any atom is -0.351 e. The molecule has 1 aliphatic rings. The van der Waals surface area contributed by atoms with Gasteiger partial charge in [-0.3, -0.25) is 14.4 Å². The lowest BCUT2D eigenvalue weighted by atomic mass is 10.1. The summed E-state index contributed by atoms with van der Waals surface area (Å²) in [5, 5.41) is 2.73. The fraction of sp³-hybridized carbons (Fsp3) is 0.318. The monoisotopic (exact) mass is 472 g/mol. The molecule has 3 rings (SSSR count). The number of benzene rings is 2. The molecular weight excluding hydrogens is 448 g/mol. The third-order valence-electron chi connectivity index (χ3n) is 4.96. The number of nitrogens with one attached hydrogen (secondary N) is 1. The first-order valence-electron chi connectivity index (χ1n) is 9.84. The molecule has 0 aromatic heterocycles. The second-order valence-corrected chi connectivity index (χ2v) is 8.10. The van der Waals surface area contributed by atoms with Crippen LogP contribution in [0.2, 0.25) is 0 Å². The van der Waals surface area contributed by atoms with Crippen molar-refractivity contribution in [1.82, 2.24) is 15.1 Å². The summed E-state index contributed by atoms with van der Waals surface area (Å²) in [7, 11) is 0. The van der Waals surface area contributed by atoms with Gasteiger partial charge in [-0.2, -0.15) is 0 Å². The van der Waals surface area contributed by atoms with Crippen LogP contribution in [0.25, 0.3) is 0 Å². The molecule has 1 unspecified atom stereocenters. The van der Waals surface area contributed by atoms with Crippen molar-refractivity contribution in [3.8, 4) is 0 Å². The normalized spacial score (nSPS) is 16.3. The van der Waals surface area contributed by atoms with E-state index in [9.17, 15) is 14.4 Å². The molecule has 30 heavy (non-hydrogen) atoms. The van der Waals surface area contributed by atoms with Crippen LogP contribution < -0.4 is 11.1 Å². The highest BCUT2D eigenvalue weighted by Crippen LogP contribution is 2.22. The molecule has 1 saturated heterocycles. The van der Waals surface area contributed by atoms with Crippen LogP contribution >= 0.6 is 15.9 Å². The highest BCUT2D eigenvalue weighted by Gasteiger charge is 2.40. The summed E-state index contributed by atoms with van der Waals surface area (Å²) in [5.74, 6) is -0.996. The molecule has 8 heteroatoms. The summed E-state index contributed by atoms with van der Waals surface area (Å²) in [4.78, 5) is 42.4. The van der Waals surface area contributed by atoms with Gasteiger partial charge in [-0.05, 0) is 43.7 Å². The number of carbonyl (C=O) groups is 3. The lowest BCUT2D eigenvalue weighted by Crippen LogP contribution is -2.63. The van der Waals surface area contributed by atoms with E-state index >= 15 is 0 Å². The number of aryl methyl sites for hydroxylation is 1. The topological polar surface area (TPSA) is 95.7 Å². The van der Waals surface area contributed by atoms with E-state index < -0.39 is 12.1 Å². The maximum atomic E-state index is 13.3. The van der Waals surface area contributed by atoms with E-state index in [2.05, 4.69) is 21.2 Å². The summed E-state index contributed by atoms with van der Waals surface area (Å²) in [6.07, 6.45) is -0.455. The predicted octanol–water partition coefficient (Wildman–Crippen LogP) is 2.15. The third kappa shape index (κ3) is 4.88. The lowest BCUT2D eigenvalue weighted by molar-refractivity contribution is -0.132. The Morgan fingerprint density at radius 2 is 1.67 bits per heavy atom. The van der Waals surface area contributed by atoms with Gasteiger partial charge in [0.25, 0.3) is 17.7 Å². The molecule has 1 aliphatic heterocycles. The Balaban J connectivity index is 1.94. The minimum absolute atomic E-state index is 0.265. The van der Waals surface area contributed by atoms with Gasteiger partial charge in [0, 0.05) is 41.8 Å². The van der Waals surface area contributed by atoms with Crippen LogP contribution in [0.3, 0.4) is 0 Å². The van der Waals surface area contributed by atoms with E-state index in [1.54, 1.807) is 30.3 Å². The van der Waals surface area contributed by atoms with Crippen molar-refractivity contribution in [2.24, 2.45) is 5.73 Å². The molecule has 3 N–H and O–H groups in total. The van der Waals surface area contributed by atoms with Crippen LogP contribution in [0.15, 0.2) is 53.0 Å². The summed E-state index contributed by atoms with van der Waals surface area (Å²) in [6.45, 7) is 3.24. The van der Waals surface area contributed by atoms with E-state index in [-0.39, 0.29) is 24.9 Å². The lowest BCUT2D eigenvalue weighted by Gasteiger charge is -2.42. The first kappa shape index (κ1) is 22.0. The van der Waals surface area contributed by atoms with Crippen LogP contribution in [-0.4, -0.2) is 59.9 Å². The number of nitrogens with zero attached hydrogens (tertiary/aromatic N) is 2. The van der Waals surface area contributed by atoms with Gasteiger partial charge in [0.15, 0.2) is 6.17 Å². The van der Waals surface area contributed by atoms with Crippen LogP contribution in [0, 0.1) is 6.92 Å². The zero-order chi connectivity index (χ0) is 21.7. The van der Waals surface area contributed by atoms with E-state index in [1.807, 2.05) is 25.1 Å². The van der Waals surface area contributed by atoms with Crippen molar-refractivity contribution in [2.75, 3.05) is 26.2 Å².